The molecule has 1 aromatic carbocycles. The van der Waals surface area contributed by atoms with Crippen molar-refractivity contribution in [1.82, 2.24) is 4.98 Å². The van der Waals surface area contributed by atoms with Crippen LogP contribution in [0.3, 0.4) is 0 Å². The number of hydrogen-bond acceptors (Lipinski definition) is 5. The molecule has 130 valence electrons. The zero-order chi connectivity index (χ0) is 18.6. The summed E-state index contributed by atoms with van der Waals surface area (Å²) in [7, 11) is 0. The van der Waals surface area contributed by atoms with Crippen LogP contribution in [0.2, 0.25) is 5.15 Å². The first-order valence-electron chi connectivity index (χ1n) is 7.40. The van der Waals surface area contributed by atoms with E-state index in [1.54, 1.807) is 37.3 Å². The second kappa shape index (κ2) is 7.92. The fourth-order valence-corrected chi connectivity index (χ4v) is 2.44. The van der Waals surface area contributed by atoms with Gasteiger partial charge in [0.1, 0.15) is 11.3 Å². The standard InChI is InChI=1S/C18H16ClNO5/c1-3-25-18(24)10(2)15(21)13-9-12(17(22)23)14(20-16(13)19)11-7-5-4-6-8-11/h4-9,15,21H,2-3H2,1H3,(H,22,23). The lowest BCUT2D eigenvalue weighted by molar-refractivity contribution is -0.139. The maximum atomic E-state index is 11.7. The van der Waals surface area contributed by atoms with Crippen molar-refractivity contribution in [1.29, 1.82) is 0 Å². The Morgan fingerprint density at radius 2 is 1.96 bits per heavy atom. The first kappa shape index (κ1) is 18.6. The Balaban J connectivity index is 2.52. The molecule has 0 aliphatic carbocycles. The topological polar surface area (TPSA) is 96.7 Å². The monoisotopic (exact) mass is 361 g/mol. The van der Waals surface area contributed by atoms with E-state index in [0.717, 1.165) is 0 Å². The van der Waals surface area contributed by atoms with E-state index in [1.807, 2.05) is 0 Å². The zero-order valence-electron chi connectivity index (χ0n) is 13.4. The van der Waals surface area contributed by atoms with Gasteiger partial charge in [0.05, 0.1) is 23.4 Å². The van der Waals surface area contributed by atoms with Crippen LogP contribution in [-0.2, 0) is 9.53 Å². The Hall–Kier alpha value is -2.70. The van der Waals surface area contributed by atoms with Gasteiger partial charge >= 0.3 is 11.9 Å². The first-order chi connectivity index (χ1) is 11.9. The van der Waals surface area contributed by atoms with Crippen LogP contribution in [0.4, 0.5) is 0 Å². The number of carbonyl (C=O) groups is 2. The summed E-state index contributed by atoms with van der Waals surface area (Å²) in [6.45, 7) is 5.22. The normalized spacial score (nSPS) is 11.6. The number of aromatic nitrogens is 1. The van der Waals surface area contributed by atoms with Gasteiger partial charge in [-0.2, -0.15) is 0 Å². The molecule has 2 aromatic rings. The summed E-state index contributed by atoms with van der Waals surface area (Å²) >= 11 is 6.12. The summed E-state index contributed by atoms with van der Waals surface area (Å²) in [6, 6.07) is 9.84. The summed E-state index contributed by atoms with van der Waals surface area (Å²) in [6.07, 6.45) is -1.53. The van der Waals surface area contributed by atoms with E-state index in [1.165, 1.54) is 6.07 Å². The van der Waals surface area contributed by atoms with E-state index in [4.69, 9.17) is 16.3 Å². The van der Waals surface area contributed by atoms with Crippen molar-refractivity contribution in [3.63, 3.8) is 0 Å². The van der Waals surface area contributed by atoms with Gasteiger partial charge in [0.25, 0.3) is 0 Å². The highest BCUT2D eigenvalue weighted by molar-refractivity contribution is 6.30. The predicted molar refractivity (Wildman–Crippen MR) is 92.4 cm³/mol. The molecule has 2 rings (SSSR count). The molecule has 0 amide bonds. The molecular formula is C18H16ClNO5. The average molecular weight is 362 g/mol. The van der Waals surface area contributed by atoms with Crippen LogP contribution in [0, 0.1) is 0 Å². The smallest absolute Gasteiger partial charge is 0.337 e. The van der Waals surface area contributed by atoms with Crippen LogP contribution >= 0.6 is 11.6 Å². The quantitative estimate of drug-likeness (QED) is 0.465. The molecule has 0 radical (unpaired) electrons. The van der Waals surface area contributed by atoms with Crippen molar-refractivity contribution >= 4 is 23.5 Å². The Labute approximate surface area is 149 Å². The number of ether oxygens (including phenoxy) is 1. The highest BCUT2D eigenvalue weighted by atomic mass is 35.5. The number of esters is 1. The highest BCUT2D eigenvalue weighted by Gasteiger charge is 2.25. The number of nitrogens with zero attached hydrogens (tertiary/aromatic N) is 1. The van der Waals surface area contributed by atoms with Crippen molar-refractivity contribution in [3.05, 3.63) is 64.8 Å². The SMILES string of the molecule is C=C(C(=O)OCC)C(O)c1cc(C(=O)O)c(-c2ccccc2)nc1Cl. The number of benzene rings is 1. The molecule has 2 N–H and O–H groups in total. The number of hydrogen-bond donors (Lipinski definition) is 2. The van der Waals surface area contributed by atoms with Crippen molar-refractivity contribution < 1.29 is 24.5 Å². The summed E-state index contributed by atoms with van der Waals surface area (Å²) in [5.74, 6) is -2.03. The molecule has 0 spiro atoms. The molecule has 0 aliphatic rings. The van der Waals surface area contributed by atoms with E-state index < -0.39 is 18.0 Å². The van der Waals surface area contributed by atoms with Gasteiger partial charge in [-0.1, -0.05) is 48.5 Å². The molecule has 1 heterocycles. The molecule has 1 unspecified atom stereocenters. The molecule has 0 aliphatic heterocycles. The van der Waals surface area contributed by atoms with Crippen LogP contribution in [0.15, 0.2) is 48.6 Å². The van der Waals surface area contributed by atoms with Crippen LogP contribution in [0.1, 0.15) is 28.9 Å². The van der Waals surface area contributed by atoms with Crippen molar-refractivity contribution in [2.75, 3.05) is 6.61 Å². The lowest BCUT2D eigenvalue weighted by Crippen LogP contribution is -2.15. The van der Waals surface area contributed by atoms with E-state index in [9.17, 15) is 19.8 Å². The minimum atomic E-state index is -1.53. The average Bonchev–Trinajstić information content (AvgIpc) is 2.61. The van der Waals surface area contributed by atoms with Gasteiger partial charge in [-0.05, 0) is 13.0 Å². The Kier molecular flexibility index (Phi) is 5.90. The van der Waals surface area contributed by atoms with Crippen LogP contribution < -0.4 is 0 Å². The van der Waals surface area contributed by atoms with Gasteiger partial charge in [0, 0.05) is 11.1 Å². The number of carbonyl (C=O) groups excluding carboxylic acids is 1. The molecule has 0 fully saturated rings. The third kappa shape index (κ3) is 4.04. The number of aliphatic hydroxyl groups is 1. The molecule has 0 saturated carbocycles. The summed E-state index contributed by atoms with van der Waals surface area (Å²) in [5, 5.41) is 19.7. The van der Waals surface area contributed by atoms with Gasteiger partial charge in [-0.3, -0.25) is 0 Å². The number of carboxylic acid groups (broad SMARTS) is 1. The third-order valence-corrected chi connectivity index (χ3v) is 3.75. The summed E-state index contributed by atoms with van der Waals surface area (Å²) in [4.78, 5) is 27.4. The number of halogens is 1. The number of carboxylic acids is 1. The molecule has 1 atom stereocenters. The molecule has 0 bridgehead atoms. The van der Waals surface area contributed by atoms with Gasteiger partial charge in [-0.25, -0.2) is 14.6 Å². The molecule has 1 aromatic heterocycles. The van der Waals surface area contributed by atoms with Crippen LogP contribution in [0.5, 0.6) is 0 Å². The van der Waals surface area contributed by atoms with Gasteiger partial charge < -0.3 is 14.9 Å². The highest BCUT2D eigenvalue weighted by Crippen LogP contribution is 2.32. The number of aliphatic hydroxyl groups excluding tert-OH is 1. The van der Waals surface area contributed by atoms with Gasteiger partial charge in [-0.15, -0.1) is 0 Å². The van der Waals surface area contributed by atoms with E-state index >= 15 is 0 Å². The van der Waals surface area contributed by atoms with Crippen molar-refractivity contribution in [2.45, 2.75) is 13.0 Å². The lowest BCUT2D eigenvalue weighted by Gasteiger charge is -2.16. The maximum absolute atomic E-state index is 11.7. The number of rotatable bonds is 6. The molecule has 6 nitrogen and oxygen atoms in total. The molecule has 25 heavy (non-hydrogen) atoms. The van der Waals surface area contributed by atoms with E-state index in [-0.39, 0.29) is 34.2 Å². The van der Waals surface area contributed by atoms with Gasteiger partial charge in [0.2, 0.25) is 0 Å². The van der Waals surface area contributed by atoms with E-state index in [2.05, 4.69) is 11.6 Å². The maximum Gasteiger partial charge on any atom is 0.337 e. The fourth-order valence-electron chi connectivity index (χ4n) is 2.20. The summed E-state index contributed by atoms with van der Waals surface area (Å²) in [5.41, 5.74) is 0.287. The Morgan fingerprint density at radius 1 is 1.32 bits per heavy atom. The zero-order valence-corrected chi connectivity index (χ0v) is 14.2. The largest absolute Gasteiger partial charge is 0.478 e. The van der Waals surface area contributed by atoms with E-state index in [0.29, 0.717) is 5.56 Å². The first-order valence-corrected chi connectivity index (χ1v) is 7.77. The number of pyridine rings is 1. The van der Waals surface area contributed by atoms with Crippen LogP contribution in [0.25, 0.3) is 11.3 Å². The molecule has 7 heteroatoms. The minimum Gasteiger partial charge on any atom is -0.478 e. The molecular weight excluding hydrogens is 346 g/mol. The second-order valence-electron chi connectivity index (χ2n) is 5.08. The third-order valence-electron chi connectivity index (χ3n) is 3.44. The number of aromatic carboxylic acids is 1. The van der Waals surface area contributed by atoms with Gasteiger partial charge in [0.15, 0.2) is 0 Å². The van der Waals surface area contributed by atoms with Crippen molar-refractivity contribution in [3.8, 4) is 11.3 Å². The second-order valence-corrected chi connectivity index (χ2v) is 5.44. The lowest BCUT2D eigenvalue weighted by atomic mass is 9.99. The fraction of sp³-hybridized carbons (Fsp3) is 0.167. The Bertz CT molecular complexity index is 820. The minimum absolute atomic E-state index is 0.0307. The Morgan fingerprint density at radius 3 is 2.52 bits per heavy atom. The predicted octanol–water partition coefficient (Wildman–Crippen LogP) is 3.25. The van der Waals surface area contributed by atoms with Crippen LogP contribution in [-0.4, -0.2) is 33.7 Å². The summed E-state index contributed by atoms with van der Waals surface area (Å²) < 4.78 is 4.78. The van der Waals surface area contributed by atoms with Crippen molar-refractivity contribution in [2.24, 2.45) is 0 Å². The molecule has 0 saturated heterocycles.